The summed E-state index contributed by atoms with van der Waals surface area (Å²) in [5, 5.41) is 5.93. The maximum Gasteiger partial charge on any atom is 0.407 e. The first kappa shape index (κ1) is 24.0. The quantitative estimate of drug-likeness (QED) is 0.266. The molecular formula is C17H28BrIN4O2. The van der Waals surface area contributed by atoms with Crippen LogP contribution in [0, 0.1) is 0 Å². The summed E-state index contributed by atoms with van der Waals surface area (Å²) < 4.78 is 6.24. The minimum Gasteiger partial charge on any atom is -0.444 e. The zero-order valence-corrected chi connectivity index (χ0v) is 19.3. The van der Waals surface area contributed by atoms with Crippen LogP contribution in [-0.4, -0.2) is 49.7 Å². The van der Waals surface area contributed by atoms with E-state index in [2.05, 4.69) is 43.7 Å². The van der Waals surface area contributed by atoms with Gasteiger partial charge in [0, 0.05) is 38.2 Å². The summed E-state index contributed by atoms with van der Waals surface area (Å²) in [4.78, 5) is 17.9. The molecule has 0 saturated heterocycles. The average Bonchev–Trinajstić information content (AvgIpc) is 2.47. The summed E-state index contributed by atoms with van der Waals surface area (Å²) in [7, 11) is 3.71. The molecule has 0 aliphatic rings. The second kappa shape index (κ2) is 11.6. The number of aliphatic imine (C=N–C) groups is 1. The highest BCUT2D eigenvalue weighted by molar-refractivity contribution is 14.0. The van der Waals surface area contributed by atoms with Gasteiger partial charge in [-0.15, -0.1) is 24.0 Å². The smallest absolute Gasteiger partial charge is 0.407 e. The van der Waals surface area contributed by atoms with E-state index in [-0.39, 0.29) is 24.0 Å². The van der Waals surface area contributed by atoms with E-state index in [1.165, 1.54) is 5.56 Å². The number of carbonyl (C=O) groups is 1. The molecule has 0 aliphatic heterocycles. The Bertz CT molecular complexity index is 559. The van der Waals surface area contributed by atoms with Crippen LogP contribution in [0.4, 0.5) is 4.79 Å². The number of rotatable bonds is 5. The van der Waals surface area contributed by atoms with Gasteiger partial charge in [0.05, 0.1) is 0 Å². The molecule has 0 heterocycles. The molecule has 0 fully saturated rings. The molecule has 0 radical (unpaired) electrons. The van der Waals surface area contributed by atoms with Crippen LogP contribution < -0.4 is 10.6 Å². The fourth-order valence-corrected chi connectivity index (χ4v) is 2.24. The van der Waals surface area contributed by atoms with Crippen molar-refractivity contribution in [1.29, 1.82) is 0 Å². The molecule has 1 rings (SSSR count). The Balaban J connectivity index is 0.00000576. The van der Waals surface area contributed by atoms with Crippen molar-refractivity contribution >= 4 is 52.0 Å². The number of carbonyl (C=O) groups excluding carboxylic acids is 1. The topological polar surface area (TPSA) is 66.0 Å². The molecule has 1 aromatic carbocycles. The Hall–Kier alpha value is -1.03. The summed E-state index contributed by atoms with van der Waals surface area (Å²) >= 11 is 3.43. The van der Waals surface area contributed by atoms with Crippen LogP contribution in [0.15, 0.2) is 33.7 Å². The SMILES string of the molecule is CN=C(NCCNC(=O)OC(C)(C)C)N(C)Cc1ccc(Br)cc1.I. The number of alkyl carbamates (subject to hydrolysis) is 1. The molecule has 0 atom stereocenters. The van der Waals surface area contributed by atoms with Crippen molar-refractivity contribution in [2.45, 2.75) is 32.9 Å². The van der Waals surface area contributed by atoms with Crippen LogP contribution in [-0.2, 0) is 11.3 Å². The second-order valence-corrected chi connectivity index (χ2v) is 7.30. The van der Waals surface area contributed by atoms with Crippen LogP contribution in [0.2, 0.25) is 0 Å². The Morgan fingerprint density at radius 2 is 1.76 bits per heavy atom. The zero-order chi connectivity index (χ0) is 18.2. The Morgan fingerprint density at radius 3 is 2.28 bits per heavy atom. The third-order valence-electron chi connectivity index (χ3n) is 2.98. The first-order valence-corrected chi connectivity index (χ1v) is 8.63. The highest BCUT2D eigenvalue weighted by atomic mass is 127. The Labute approximate surface area is 175 Å². The molecule has 1 aromatic rings. The minimum absolute atomic E-state index is 0. The molecule has 2 N–H and O–H groups in total. The fourth-order valence-electron chi connectivity index (χ4n) is 1.98. The number of ether oxygens (including phenoxy) is 1. The fraction of sp³-hybridized carbons (Fsp3) is 0.529. The third-order valence-corrected chi connectivity index (χ3v) is 3.51. The lowest BCUT2D eigenvalue weighted by atomic mass is 10.2. The van der Waals surface area contributed by atoms with E-state index in [9.17, 15) is 4.79 Å². The minimum atomic E-state index is -0.488. The molecule has 6 nitrogen and oxygen atoms in total. The predicted octanol–water partition coefficient (Wildman–Crippen LogP) is 3.60. The van der Waals surface area contributed by atoms with E-state index >= 15 is 0 Å². The third kappa shape index (κ3) is 10.5. The van der Waals surface area contributed by atoms with Crippen LogP contribution >= 0.6 is 39.9 Å². The first-order chi connectivity index (χ1) is 11.2. The van der Waals surface area contributed by atoms with Crippen LogP contribution in [0.25, 0.3) is 0 Å². The van der Waals surface area contributed by atoms with E-state index in [1.54, 1.807) is 7.05 Å². The number of hydrogen-bond donors (Lipinski definition) is 2. The van der Waals surface area contributed by atoms with E-state index < -0.39 is 11.7 Å². The Kier molecular flexibility index (Phi) is 11.1. The molecule has 25 heavy (non-hydrogen) atoms. The maximum atomic E-state index is 11.6. The monoisotopic (exact) mass is 526 g/mol. The lowest BCUT2D eigenvalue weighted by Gasteiger charge is -2.23. The standard InChI is InChI=1S/C17H27BrN4O2.HI/c1-17(2,3)24-16(23)21-11-10-20-15(19-4)22(5)12-13-6-8-14(18)9-7-13;/h6-9H,10-12H2,1-5H3,(H,19,20)(H,21,23);1H. The van der Waals surface area contributed by atoms with Gasteiger partial charge in [-0.05, 0) is 38.5 Å². The molecule has 0 bridgehead atoms. The van der Waals surface area contributed by atoms with Crippen LogP contribution in [0.5, 0.6) is 0 Å². The Morgan fingerprint density at radius 1 is 1.20 bits per heavy atom. The van der Waals surface area contributed by atoms with Gasteiger partial charge >= 0.3 is 6.09 Å². The van der Waals surface area contributed by atoms with Gasteiger partial charge in [-0.2, -0.15) is 0 Å². The van der Waals surface area contributed by atoms with Crippen molar-refractivity contribution < 1.29 is 9.53 Å². The number of hydrogen-bond acceptors (Lipinski definition) is 3. The highest BCUT2D eigenvalue weighted by Crippen LogP contribution is 2.11. The van der Waals surface area contributed by atoms with Crippen LogP contribution in [0.1, 0.15) is 26.3 Å². The molecule has 0 aromatic heterocycles. The van der Waals surface area contributed by atoms with Gasteiger partial charge in [-0.1, -0.05) is 28.1 Å². The number of nitrogens with one attached hydrogen (secondary N) is 2. The lowest BCUT2D eigenvalue weighted by Crippen LogP contribution is -2.43. The molecule has 0 aliphatic carbocycles. The van der Waals surface area contributed by atoms with Crippen molar-refractivity contribution in [3.05, 3.63) is 34.3 Å². The molecular weight excluding hydrogens is 499 g/mol. The highest BCUT2D eigenvalue weighted by Gasteiger charge is 2.15. The van der Waals surface area contributed by atoms with Crippen molar-refractivity contribution in [3.63, 3.8) is 0 Å². The molecule has 1 amide bonds. The van der Waals surface area contributed by atoms with E-state index in [0.29, 0.717) is 13.1 Å². The number of guanidine groups is 1. The maximum absolute atomic E-state index is 11.6. The second-order valence-electron chi connectivity index (χ2n) is 6.39. The summed E-state index contributed by atoms with van der Waals surface area (Å²) in [5.41, 5.74) is 0.703. The molecule has 0 unspecified atom stereocenters. The van der Waals surface area contributed by atoms with Gasteiger partial charge in [0.2, 0.25) is 0 Å². The van der Waals surface area contributed by atoms with Gasteiger partial charge < -0.3 is 20.3 Å². The number of benzene rings is 1. The summed E-state index contributed by atoms with van der Waals surface area (Å²) in [6, 6.07) is 8.17. The van der Waals surface area contributed by atoms with Crippen molar-refractivity contribution in [3.8, 4) is 0 Å². The van der Waals surface area contributed by atoms with Gasteiger partial charge in [0.25, 0.3) is 0 Å². The normalized spacial score (nSPS) is 11.4. The molecule has 0 saturated carbocycles. The van der Waals surface area contributed by atoms with Crippen molar-refractivity contribution in [2.75, 3.05) is 27.2 Å². The molecule has 0 spiro atoms. The zero-order valence-electron chi connectivity index (χ0n) is 15.4. The summed E-state index contributed by atoms with van der Waals surface area (Å²) in [6.07, 6.45) is -0.414. The van der Waals surface area contributed by atoms with Crippen LogP contribution in [0.3, 0.4) is 0 Å². The van der Waals surface area contributed by atoms with Gasteiger partial charge in [-0.25, -0.2) is 4.79 Å². The predicted molar refractivity (Wildman–Crippen MR) is 117 cm³/mol. The number of halogens is 2. The van der Waals surface area contributed by atoms with E-state index in [0.717, 1.165) is 17.0 Å². The van der Waals surface area contributed by atoms with Crippen molar-refractivity contribution in [1.82, 2.24) is 15.5 Å². The average molecular weight is 527 g/mol. The van der Waals surface area contributed by atoms with Gasteiger partial charge in [0.1, 0.15) is 5.60 Å². The van der Waals surface area contributed by atoms with Gasteiger partial charge in [0.15, 0.2) is 5.96 Å². The largest absolute Gasteiger partial charge is 0.444 e. The summed E-state index contributed by atoms with van der Waals surface area (Å²) in [5.74, 6) is 0.768. The van der Waals surface area contributed by atoms with Gasteiger partial charge in [-0.3, -0.25) is 4.99 Å². The number of nitrogens with zero attached hydrogens (tertiary/aromatic N) is 2. The number of amides is 1. The molecule has 142 valence electrons. The van der Waals surface area contributed by atoms with E-state index in [1.807, 2.05) is 44.9 Å². The van der Waals surface area contributed by atoms with Crippen molar-refractivity contribution in [2.24, 2.45) is 4.99 Å². The van der Waals surface area contributed by atoms with E-state index in [4.69, 9.17) is 4.74 Å². The molecule has 8 heteroatoms. The first-order valence-electron chi connectivity index (χ1n) is 7.84. The summed E-state index contributed by atoms with van der Waals surface area (Å²) in [6.45, 7) is 7.28. The lowest BCUT2D eigenvalue weighted by molar-refractivity contribution is 0.0529.